The van der Waals surface area contributed by atoms with Crippen LogP contribution in [0, 0.1) is 0 Å². The van der Waals surface area contributed by atoms with Gasteiger partial charge in [0.2, 0.25) is 5.91 Å². The summed E-state index contributed by atoms with van der Waals surface area (Å²) in [4.78, 5) is 11.6. The van der Waals surface area contributed by atoms with Crippen molar-refractivity contribution in [1.29, 1.82) is 0 Å². The molecule has 0 aromatic heterocycles. The molecular weight excluding hydrogens is 258 g/mol. The second kappa shape index (κ2) is 10.2. The van der Waals surface area contributed by atoms with Gasteiger partial charge in [-0.2, -0.15) is 0 Å². The lowest BCUT2D eigenvalue weighted by Gasteiger charge is -2.17. The number of carbonyl (C=O) groups excluding carboxylic acids is 1. The van der Waals surface area contributed by atoms with Gasteiger partial charge in [0, 0.05) is 5.57 Å². The standard InChI is InChI=1S/C19H29NO/c1-3-5-7-13-18(19(20)21)15-14-16(10-4-2)17-11-8-6-9-12-17/h6,8-9,11-13,16H,3-5,7,10,14-15H2,1-2H3,(H2,20,21)/b18-13-. The fraction of sp³-hybridized carbons (Fsp3) is 0.526. The van der Waals surface area contributed by atoms with Crippen LogP contribution in [0.5, 0.6) is 0 Å². The molecule has 1 rings (SSSR count). The number of carbonyl (C=O) groups is 1. The second-order valence-corrected chi connectivity index (χ2v) is 5.67. The molecule has 2 N–H and O–H groups in total. The Kier molecular flexibility index (Phi) is 8.49. The van der Waals surface area contributed by atoms with Crippen LogP contribution in [0.15, 0.2) is 42.0 Å². The minimum Gasteiger partial charge on any atom is -0.366 e. The van der Waals surface area contributed by atoms with E-state index in [1.54, 1.807) is 0 Å². The maximum atomic E-state index is 11.6. The van der Waals surface area contributed by atoms with Gasteiger partial charge in [0.25, 0.3) is 0 Å². The number of primary amides is 1. The zero-order valence-corrected chi connectivity index (χ0v) is 13.5. The predicted octanol–water partition coefficient (Wildman–Crippen LogP) is 4.95. The first-order valence-corrected chi connectivity index (χ1v) is 8.22. The van der Waals surface area contributed by atoms with Gasteiger partial charge in [-0.05, 0) is 37.2 Å². The summed E-state index contributed by atoms with van der Waals surface area (Å²) in [6.07, 6.45) is 9.37. The van der Waals surface area contributed by atoms with Crippen molar-refractivity contribution in [3.63, 3.8) is 0 Å². The first-order valence-electron chi connectivity index (χ1n) is 8.22. The van der Waals surface area contributed by atoms with Crippen LogP contribution >= 0.6 is 0 Å². The van der Waals surface area contributed by atoms with Crippen LogP contribution in [0.4, 0.5) is 0 Å². The van der Waals surface area contributed by atoms with E-state index >= 15 is 0 Å². The van der Waals surface area contributed by atoms with E-state index in [4.69, 9.17) is 5.73 Å². The van der Waals surface area contributed by atoms with Gasteiger partial charge in [0.15, 0.2) is 0 Å². The molecule has 1 amide bonds. The largest absolute Gasteiger partial charge is 0.366 e. The van der Waals surface area contributed by atoms with Crippen LogP contribution in [0.3, 0.4) is 0 Å². The quantitative estimate of drug-likeness (QED) is 0.480. The van der Waals surface area contributed by atoms with Crippen molar-refractivity contribution in [3.8, 4) is 0 Å². The van der Waals surface area contributed by atoms with Gasteiger partial charge in [-0.3, -0.25) is 4.79 Å². The molecule has 0 radical (unpaired) electrons. The average Bonchev–Trinajstić information content (AvgIpc) is 2.50. The molecule has 0 spiro atoms. The van der Waals surface area contributed by atoms with E-state index in [0.29, 0.717) is 5.92 Å². The highest BCUT2D eigenvalue weighted by Crippen LogP contribution is 2.27. The third-order valence-electron chi connectivity index (χ3n) is 3.94. The molecular formula is C19H29NO. The van der Waals surface area contributed by atoms with Gasteiger partial charge >= 0.3 is 0 Å². The van der Waals surface area contributed by atoms with Crippen molar-refractivity contribution in [2.24, 2.45) is 5.73 Å². The van der Waals surface area contributed by atoms with Gasteiger partial charge < -0.3 is 5.73 Å². The lowest BCUT2D eigenvalue weighted by Crippen LogP contribution is -2.15. The summed E-state index contributed by atoms with van der Waals surface area (Å²) in [5.74, 6) is 0.263. The molecule has 1 aromatic rings. The van der Waals surface area contributed by atoms with E-state index in [-0.39, 0.29) is 5.91 Å². The Balaban J connectivity index is 2.66. The zero-order valence-electron chi connectivity index (χ0n) is 13.5. The molecule has 0 bridgehead atoms. The SMILES string of the molecule is CCCC/C=C(/CCC(CCC)c1ccccc1)C(N)=O. The van der Waals surface area contributed by atoms with Crippen molar-refractivity contribution in [2.45, 2.75) is 64.7 Å². The molecule has 0 aliphatic carbocycles. The number of hydrogen-bond donors (Lipinski definition) is 1. The lowest BCUT2D eigenvalue weighted by molar-refractivity contribution is -0.114. The fourth-order valence-electron chi connectivity index (χ4n) is 2.69. The number of allylic oxidation sites excluding steroid dienone is 1. The van der Waals surface area contributed by atoms with Crippen molar-refractivity contribution >= 4 is 5.91 Å². The Morgan fingerprint density at radius 1 is 1.14 bits per heavy atom. The number of benzene rings is 1. The molecule has 1 unspecified atom stereocenters. The second-order valence-electron chi connectivity index (χ2n) is 5.67. The number of unbranched alkanes of at least 4 members (excludes halogenated alkanes) is 2. The molecule has 0 fully saturated rings. The van der Waals surface area contributed by atoms with E-state index < -0.39 is 0 Å². The molecule has 2 heteroatoms. The third kappa shape index (κ3) is 6.61. The number of hydrogen-bond acceptors (Lipinski definition) is 1. The molecule has 0 heterocycles. The summed E-state index contributed by atoms with van der Waals surface area (Å²) in [5.41, 5.74) is 7.69. The molecule has 0 saturated carbocycles. The van der Waals surface area contributed by atoms with Gasteiger partial charge in [-0.15, -0.1) is 0 Å². The van der Waals surface area contributed by atoms with Gasteiger partial charge in [-0.1, -0.05) is 69.5 Å². The summed E-state index contributed by atoms with van der Waals surface area (Å²) in [6, 6.07) is 10.6. The van der Waals surface area contributed by atoms with E-state index in [1.807, 2.05) is 12.1 Å². The predicted molar refractivity (Wildman–Crippen MR) is 90.1 cm³/mol. The van der Waals surface area contributed by atoms with E-state index in [1.165, 1.54) is 5.56 Å². The smallest absolute Gasteiger partial charge is 0.244 e. The number of nitrogens with two attached hydrogens (primary N) is 1. The van der Waals surface area contributed by atoms with Crippen molar-refractivity contribution in [2.75, 3.05) is 0 Å². The summed E-state index contributed by atoms with van der Waals surface area (Å²) >= 11 is 0. The molecule has 0 saturated heterocycles. The highest BCUT2D eigenvalue weighted by Gasteiger charge is 2.13. The highest BCUT2D eigenvalue weighted by molar-refractivity contribution is 5.91. The first-order chi connectivity index (χ1) is 10.2. The minimum absolute atomic E-state index is 0.255. The van der Waals surface area contributed by atoms with Crippen LogP contribution < -0.4 is 5.73 Å². The van der Waals surface area contributed by atoms with Crippen molar-refractivity contribution in [3.05, 3.63) is 47.5 Å². The molecule has 21 heavy (non-hydrogen) atoms. The zero-order chi connectivity index (χ0) is 15.5. The molecule has 0 aliphatic rings. The Labute approximate surface area is 129 Å². The minimum atomic E-state index is -0.255. The average molecular weight is 287 g/mol. The van der Waals surface area contributed by atoms with Gasteiger partial charge in [0.1, 0.15) is 0 Å². The topological polar surface area (TPSA) is 43.1 Å². The Bertz CT molecular complexity index is 436. The fourth-order valence-corrected chi connectivity index (χ4v) is 2.69. The Hall–Kier alpha value is -1.57. The highest BCUT2D eigenvalue weighted by atomic mass is 16.1. The number of rotatable bonds is 10. The third-order valence-corrected chi connectivity index (χ3v) is 3.94. The van der Waals surface area contributed by atoms with E-state index in [9.17, 15) is 4.79 Å². The summed E-state index contributed by atoms with van der Waals surface area (Å²) < 4.78 is 0. The van der Waals surface area contributed by atoms with Crippen LogP contribution in [0.1, 0.15) is 70.3 Å². The van der Waals surface area contributed by atoms with Crippen LogP contribution in [-0.2, 0) is 4.79 Å². The molecule has 2 nitrogen and oxygen atoms in total. The molecule has 1 aromatic carbocycles. The molecule has 116 valence electrons. The van der Waals surface area contributed by atoms with Crippen LogP contribution in [-0.4, -0.2) is 5.91 Å². The summed E-state index contributed by atoms with van der Waals surface area (Å²) in [6.45, 7) is 4.37. The maximum absolute atomic E-state index is 11.6. The summed E-state index contributed by atoms with van der Waals surface area (Å²) in [7, 11) is 0. The summed E-state index contributed by atoms with van der Waals surface area (Å²) in [5, 5.41) is 0. The Morgan fingerprint density at radius 2 is 1.86 bits per heavy atom. The maximum Gasteiger partial charge on any atom is 0.244 e. The monoisotopic (exact) mass is 287 g/mol. The van der Waals surface area contributed by atoms with Crippen molar-refractivity contribution < 1.29 is 4.79 Å². The van der Waals surface area contributed by atoms with E-state index in [0.717, 1.165) is 50.5 Å². The molecule has 0 aliphatic heterocycles. The first kappa shape index (κ1) is 17.5. The molecule has 1 atom stereocenters. The van der Waals surface area contributed by atoms with Gasteiger partial charge in [0.05, 0.1) is 0 Å². The van der Waals surface area contributed by atoms with Gasteiger partial charge in [-0.25, -0.2) is 0 Å². The Morgan fingerprint density at radius 3 is 2.43 bits per heavy atom. The van der Waals surface area contributed by atoms with Crippen LogP contribution in [0.2, 0.25) is 0 Å². The normalized spacial score (nSPS) is 13.1. The van der Waals surface area contributed by atoms with Crippen LogP contribution in [0.25, 0.3) is 0 Å². The number of amides is 1. The van der Waals surface area contributed by atoms with E-state index in [2.05, 4.69) is 38.1 Å². The van der Waals surface area contributed by atoms with Crippen molar-refractivity contribution in [1.82, 2.24) is 0 Å². The lowest BCUT2D eigenvalue weighted by atomic mass is 9.88.